The van der Waals surface area contributed by atoms with Crippen molar-refractivity contribution in [2.45, 2.75) is 32.1 Å². The Bertz CT molecular complexity index is 167. The van der Waals surface area contributed by atoms with E-state index in [0.29, 0.717) is 0 Å². The Morgan fingerprint density at radius 2 is 1.93 bits per heavy atom. The summed E-state index contributed by atoms with van der Waals surface area (Å²) >= 11 is 1.46. The van der Waals surface area contributed by atoms with Crippen molar-refractivity contribution in [3.05, 3.63) is 0 Å². The Balaban J connectivity index is 1.90. The summed E-state index contributed by atoms with van der Waals surface area (Å²) in [4.78, 5) is 2.56. The van der Waals surface area contributed by atoms with E-state index in [0.717, 1.165) is 5.75 Å². The topological polar surface area (TPSA) is 53.1 Å². The lowest BCUT2D eigenvalue weighted by Crippen LogP contribution is -2.30. The maximum absolute atomic E-state index is 7.06. The summed E-state index contributed by atoms with van der Waals surface area (Å²) in [5.41, 5.74) is 5.25. The second-order valence-corrected chi connectivity index (χ2v) is 4.96. The number of thioether (sulfide) groups is 1. The normalized spacial score (nSPS) is 18.3. The van der Waals surface area contributed by atoms with Crippen molar-refractivity contribution in [1.82, 2.24) is 4.90 Å². The van der Waals surface area contributed by atoms with E-state index in [1.165, 1.54) is 63.5 Å². The number of likely N-dealkylation sites (tertiary alicyclic amines) is 1. The number of amidine groups is 1. The van der Waals surface area contributed by atoms with Crippen LogP contribution in [-0.2, 0) is 0 Å². The van der Waals surface area contributed by atoms with Gasteiger partial charge in [0.1, 0.15) is 0 Å². The minimum absolute atomic E-state index is 0.253. The lowest BCUT2D eigenvalue weighted by molar-refractivity contribution is 0.226. The van der Waals surface area contributed by atoms with Gasteiger partial charge in [-0.3, -0.25) is 5.41 Å². The SMILES string of the molecule is N=C(N)SCCCCN1CCCCC1. The van der Waals surface area contributed by atoms with Gasteiger partial charge in [0.25, 0.3) is 0 Å². The summed E-state index contributed by atoms with van der Waals surface area (Å²) in [6.45, 7) is 3.82. The molecule has 0 atom stereocenters. The van der Waals surface area contributed by atoms with Gasteiger partial charge in [0.05, 0.1) is 0 Å². The van der Waals surface area contributed by atoms with Crippen molar-refractivity contribution in [3.8, 4) is 0 Å². The Hall–Kier alpha value is -0.220. The van der Waals surface area contributed by atoms with Gasteiger partial charge in [-0.25, -0.2) is 0 Å². The second kappa shape index (κ2) is 7.12. The zero-order chi connectivity index (χ0) is 10.2. The highest BCUT2D eigenvalue weighted by atomic mass is 32.2. The molecule has 3 N–H and O–H groups in total. The number of nitrogens with two attached hydrogens (primary N) is 1. The molecule has 1 aliphatic heterocycles. The molecule has 0 radical (unpaired) electrons. The summed E-state index contributed by atoms with van der Waals surface area (Å²) in [6.07, 6.45) is 6.60. The molecule has 1 saturated heterocycles. The van der Waals surface area contributed by atoms with E-state index in [-0.39, 0.29) is 5.17 Å². The number of nitrogens with zero attached hydrogens (tertiary/aromatic N) is 1. The Morgan fingerprint density at radius 1 is 1.21 bits per heavy atom. The lowest BCUT2D eigenvalue weighted by Gasteiger charge is -2.26. The van der Waals surface area contributed by atoms with Crippen molar-refractivity contribution in [2.24, 2.45) is 5.73 Å². The minimum Gasteiger partial charge on any atom is -0.379 e. The molecule has 0 spiro atoms. The fourth-order valence-electron chi connectivity index (χ4n) is 1.80. The summed E-state index contributed by atoms with van der Waals surface area (Å²) in [5, 5.41) is 7.31. The van der Waals surface area contributed by atoms with E-state index >= 15 is 0 Å². The number of nitrogens with one attached hydrogen (secondary N) is 1. The third kappa shape index (κ3) is 5.50. The molecule has 0 saturated carbocycles. The molecule has 14 heavy (non-hydrogen) atoms. The molecule has 0 amide bonds. The van der Waals surface area contributed by atoms with Gasteiger partial charge in [-0.1, -0.05) is 18.2 Å². The van der Waals surface area contributed by atoms with Crippen LogP contribution in [0.4, 0.5) is 0 Å². The number of hydrogen-bond acceptors (Lipinski definition) is 3. The quantitative estimate of drug-likeness (QED) is 0.418. The molecule has 3 nitrogen and oxygen atoms in total. The summed E-state index contributed by atoms with van der Waals surface area (Å²) < 4.78 is 0. The molecule has 1 heterocycles. The molecule has 1 fully saturated rings. The molecule has 4 heteroatoms. The molecule has 1 aliphatic rings. The molecule has 0 unspecified atom stereocenters. The zero-order valence-corrected chi connectivity index (χ0v) is 9.61. The second-order valence-electron chi connectivity index (χ2n) is 3.82. The van der Waals surface area contributed by atoms with E-state index < -0.39 is 0 Å². The van der Waals surface area contributed by atoms with Crippen LogP contribution in [0.3, 0.4) is 0 Å². The summed E-state index contributed by atoms with van der Waals surface area (Å²) in [5.74, 6) is 1.00. The van der Waals surface area contributed by atoms with E-state index in [2.05, 4.69) is 4.90 Å². The van der Waals surface area contributed by atoms with Crippen LogP contribution in [0.2, 0.25) is 0 Å². The smallest absolute Gasteiger partial charge is 0.151 e. The Labute approximate surface area is 90.9 Å². The average molecular weight is 215 g/mol. The van der Waals surface area contributed by atoms with E-state index in [1.807, 2.05) is 0 Å². The molecule has 0 aromatic heterocycles. The fraction of sp³-hybridized carbons (Fsp3) is 0.900. The highest BCUT2D eigenvalue weighted by molar-refractivity contribution is 8.13. The van der Waals surface area contributed by atoms with Crippen molar-refractivity contribution < 1.29 is 0 Å². The van der Waals surface area contributed by atoms with Crippen LogP contribution in [0.5, 0.6) is 0 Å². The van der Waals surface area contributed by atoms with E-state index in [4.69, 9.17) is 11.1 Å². The first-order valence-corrected chi connectivity index (χ1v) is 6.47. The Kier molecular flexibility index (Phi) is 6.03. The van der Waals surface area contributed by atoms with Gasteiger partial charge in [-0.05, 0) is 45.3 Å². The van der Waals surface area contributed by atoms with Gasteiger partial charge in [0.2, 0.25) is 0 Å². The maximum atomic E-state index is 7.06. The first-order chi connectivity index (χ1) is 6.79. The maximum Gasteiger partial charge on any atom is 0.151 e. The summed E-state index contributed by atoms with van der Waals surface area (Å²) in [6, 6.07) is 0. The van der Waals surface area contributed by atoms with E-state index in [9.17, 15) is 0 Å². The van der Waals surface area contributed by atoms with Crippen LogP contribution in [-0.4, -0.2) is 35.5 Å². The van der Waals surface area contributed by atoms with E-state index in [1.54, 1.807) is 0 Å². The third-order valence-corrected chi connectivity index (χ3v) is 3.38. The molecule has 0 aliphatic carbocycles. The zero-order valence-electron chi connectivity index (χ0n) is 8.80. The predicted molar refractivity (Wildman–Crippen MR) is 63.9 cm³/mol. The van der Waals surface area contributed by atoms with Crippen LogP contribution >= 0.6 is 11.8 Å². The highest BCUT2D eigenvalue weighted by Crippen LogP contribution is 2.10. The lowest BCUT2D eigenvalue weighted by atomic mass is 10.1. The van der Waals surface area contributed by atoms with Crippen LogP contribution in [0.15, 0.2) is 0 Å². The molecule has 0 aromatic rings. The van der Waals surface area contributed by atoms with Gasteiger partial charge in [-0.15, -0.1) is 0 Å². The number of unbranched alkanes of at least 4 members (excludes halogenated alkanes) is 1. The van der Waals surface area contributed by atoms with Crippen LogP contribution in [0.1, 0.15) is 32.1 Å². The fourth-order valence-corrected chi connectivity index (χ4v) is 2.37. The van der Waals surface area contributed by atoms with Crippen molar-refractivity contribution in [1.29, 1.82) is 5.41 Å². The van der Waals surface area contributed by atoms with Crippen LogP contribution < -0.4 is 5.73 Å². The Morgan fingerprint density at radius 3 is 2.57 bits per heavy atom. The molecular formula is C10H21N3S. The number of rotatable bonds is 5. The largest absolute Gasteiger partial charge is 0.379 e. The minimum atomic E-state index is 0.253. The van der Waals surface area contributed by atoms with Crippen molar-refractivity contribution in [3.63, 3.8) is 0 Å². The molecule has 0 bridgehead atoms. The summed E-state index contributed by atoms with van der Waals surface area (Å²) in [7, 11) is 0. The van der Waals surface area contributed by atoms with Gasteiger partial charge < -0.3 is 10.6 Å². The third-order valence-electron chi connectivity index (χ3n) is 2.57. The highest BCUT2D eigenvalue weighted by Gasteiger charge is 2.08. The van der Waals surface area contributed by atoms with Crippen molar-refractivity contribution in [2.75, 3.05) is 25.4 Å². The molecule has 82 valence electrons. The molecular weight excluding hydrogens is 194 g/mol. The van der Waals surface area contributed by atoms with Crippen LogP contribution in [0, 0.1) is 5.41 Å². The van der Waals surface area contributed by atoms with Gasteiger partial charge in [-0.2, -0.15) is 0 Å². The van der Waals surface area contributed by atoms with Gasteiger partial charge in [0, 0.05) is 5.75 Å². The first kappa shape index (κ1) is 11.9. The van der Waals surface area contributed by atoms with Crippen LogP contribution in [0.25, 0.3) is 0 Å². The van der Waals surface area contributed by atoms with Gasteiger partial charge in [0.15, 0.2) is 5.17 Å². The standard InChI is InChI=1S/C10H21N3S/c11-10(12)14-9-5-4-8-13-6-2-1-3-7-13/h1-9H2,(H3,11,12). The molecule has 1 rings (SSSR count). The monoisotopic (exact) mass is 215 g/mol. The predicted octanol–water partition coefficient (Wildman–Crippen LogP) is 1.88. The average Bonchev–Trinajstić information content (AvgIpc) is 2.18. The number of hydrogen-bond donors (Lipinski definition) is 2. The van der Waals surface area contributed by atoms with Gasteiger partial charge >= 0.3 is 0 Å². The number of piperidine rings is 1. The van der Waals surface area contributed by atoms with Crippen molar-refractivity contribution >= 4 is 16.9 Å². The first-order valence-electron chi connectivity index (χ1n) is 5.48. The molecule has 0 aromatic carbocycles.